The average molecular weight is 400 g/mol. The molecule has 0 radical (unpaired) electrons. The van der Waals surface area contributed by atoms with Gasteiger partial charge in [0, 0.05) is 35.5 Å². The molecule has 1 aliphatic rings. The number of methoxy groups -OCH3 is 1. The summed E-state index contributed by atoms with van der Waals surface area (Å²) in [6.07, 6.45) is 3.27. The molecule has 150 valence electrons. The first-order valence-corrected chi connectivity index (χ1v) is 9.56. The number of hydrogen-bond donors (Lipinski definition) is 0. The Morgan fingerprint density at radius 2 is 1.93 bits per heavy atom. The molecule has 0 saturated heterocycles. The topological polar surface area (TPSA) is 81.4 Å². The van der Waals surface area contributed by atoms with Gasteiger partial charge in [0.15, 0.2) is 11.9 Å². The number of pyridine rings is 1. The smallest absolute Gasteiger partial charge is 0.170 e. The van der Waals surface area contributed by atoms with Crippen LogP contribution in [-0.2, 0) is 0 Å². The fourth-order valence-corrected chi connectivity index (χ4v) is 3.56. The van der Waals surface area contributed by atoms with E-state index in [0.29, 0.717) is 41.4 Å². The number of nitrogens with zero attached hydrogens (tertiary/aromatic N) is 2. The summed E-state index contributed by atoms with van der Waals surface area (Å²) in [5.74, 6) is 1.81. The first kappa shape index (κ1) is 19.5. The molecule has 2 heterocycles. The van der Waals surface area contributed by atoms with Gasteiger partial charge in [-0.1, -0.05) is 0 Å². The second kappa shape index (κ2) is 8.26. The first-order valence-electron chi connectivity index (χ1n) is 9.56. The van der Waals surface area contributed by atoms with E-state index in [-0.39, 0.29) is 5.78 Å². The SMILES string of the molecule is COc1cc(C#N)ccc1C(Oc1ccc2c(c1C)OCCC2=O)c1ccncc1. The minimum atomic E-state index is -0.508. The van der Waals surface area contributed by atoms with E-state index >= 15 is 0 Å². The fraction of sp³-hybridized carbons (Fsp3) is 0.208. The molecule has 6 heteroatoms. The van der Waals surface area contributed by atoms with E-state index in [9.17, 15) is 10.1 Å². The quantitative estimate of drug-likeness (QED) is 0.631. The lowest BCUT2D eigenvalue weighted by molar-refractivity contribution is 0.0932. The van der Waals surface area contributed by atoms with Crippen molar-refractivity contribution >= 4 is 5.78 Å². The molecule has 0 spiro atoms. The van der Waals surface area contributed by atoms with E-state index in [1.807, 2.05) is 25.1 Å². The summed E-state index contributed by atoms with van der Waals surface area (Å²) in [5, 5.41) is 9.22. The van der Waals surface area contributed by atoms with Crippen molar-refractivity contribution in [2.75, 3.05) is 13.7 Å². The molecule has 0 bridgehead atoms. The van der Waals surface area contributed by atoms with Crippen molar-refractivity contribution in [1.29, 1.82) is 5.26 Å². The molecule has 1 aliphatic heterocycles. The number of Topliss-reactive ketones (excluding diaryl/α,β-unsaturated/α-hetero) is 1. The number of rotatable bonds is 5. The maximum Gasteiger partial charge on any atom is 0.170 e. The number of ether oxygens (including phenoxy) is 3. The third-order valence-electron chi connectivity index (χ3n) is 5.13. The van der Waals surface area contributed by atoms with Crippen LogP contribution >= 0.6 is 0 Å². The summed E-state index contributed by atoms with van der Waals surface area (Å²) in [6.45, 7) is 2.25. The molecule has 2 aromatic carbocycles. The lowest BCUT2D eigenvalue weighted by Crippen LogP contribution is -2.17. The van der Waals surface area contributed by atoms with Crippen molar-refractivity contribution in [2.45, 2.75) is 19.4 Å². The summed E-state index contributed by atoms with van der Waals surface area (Å²) in [4.78, 5) is 16.3. The number of carbonyl (C=O) groups excluding carboxylic acids is 1. The minimum Gasteiger partial charge on any atom is -0.496 e. The van der Waals surface area contributed by atoms with Gasteiger partial charge in [0.05, 0.1) is 30.9 Å². The molecule has 1 unspecified atom stereocenters. The highest BCUT2D eigenvalue weighted by molar-refractivity contribution is 6.00. The standard InChI is InChI=1S/C24H20N2O4/c1-15-21(6-5-18-20(27)9-12-29-23(15)18)30-24(17-7-10-26-11-8-17)19-4-3-16(14-25)13-22(19)28-2/h3-8,10-11,13,24H,9,12H2,1-2H3. The van der Waals surface area contributed by atoms with Gasteiger partial charge in [0.1, 0.15) is 17.2 Å². The second-order valence-electron chi connectivity index (χ2n) is 6.93. The predicted octanol–water partition coefficient (Wildman–Crippen LogP) is 4.40. The summed E-state index contributed by atoms with van der Waals surface area (Å²) >= 11 is 0. The van der Waals surface area contributed by atoms with Gasteiger partial charge in [-0.15, -0.1) is 0 Å². The van der Waals surface area contributed by atoms with Crippen molar-refractivity contribution < 1.29 is 19.0 Å². The van der Waals surface area contributed by atoms with Crippen LogP contribution in [0, 0.1) is 18.3 Å². The summed E-state index contributed by atoms with van der Waals surface area (Å²) in [7, 11) is 1.56. The Labute approximate surface area is 174 Å². The van der Waals surface area contributed by atoms with Crippen LogP contribution in [0.15, 0.2) is 54.9 Å². The van der Waals surface area contributed by atoms with Crippen LogP contribution in [0.3, 0.4) is 0 Å². The molecule has 3 aromatic rings. The van der Waals surface area contributed by atoms with Crippen LogP contribution in [-0.4, -0.2) is 24.5 Å². The average Bonchev–Trinajstić information content (AvgIpc) is 2.79. The van der Waals surface area contributed by atoms with Gasteiger partial charge in [-0.05, 0) is 49.4 Å². The Hall–Kier alpha value is -3.85. The van der Waals surface area contributed by atoms with Crippen LogP contribution in [0.4, 0.5) is 0 Å². The molecular formula is C24H20N2O4. The molecule has 0 aliphatic carbocycles. The van der Waals surface area contributed by atoms with Crippen molar-refractivity contribution in [2.24, 2.45) is 0 Å². The molecule has 0 fully saturated rings. The molecule has 4 rings (SSSR count). The normalized spacial score (nSPS) is 13.6. The van der Waals surface area contributed by atoms with Crippen molar-refractivity contribution in [3.63, 3.8) is 0 Å². The minimum absolute atomic E-state index is 0.0744. The van der Waals surface area contributed by atoms with Gasteiger partial charge >= 0.3 is 0 Å². The Morgan fingerprint density at radius 3 is 2.67 bits per heavy atom. The molecule has 0 amide bonds. The van der Waals surface area contributed by atoms with Crippen LogP contribution in [0.5, 0.6) is 17.2 Å². The van der Waals surface area contributed by atoms with E-state index < -0.39 is 6.10 Å². The van der Waals surface area contributed by atoms with E-state index in [1.54, 1.807) is 43.8 Å². The molecule has 30 heavy (non-hydrogen) atoms. The van der Waals surface area contributed by atoms with Crippen LogP contribution in [0.1, 0.15) is 45.1 Å². The van der Waals surface area contributed by atoms with Crippen LogP contribution in [0.2, 0.25) is 0 Å². The van der Waals surface area contributed by atoms with E-state index in [4.69, 9.17) is 14.2 Å². The number of ketones is 1. The predicted molar refractivity (Wildman–Crippen MR) is 110 cm³/mol. The lowest BCUT2D eigenvalue weighted by atomic mass is 9.98. The zero-order chi connectivity index (χ0) is 21.1. The fourth-order valence-electron chi connectivity index (χ4n) is 3.56. The van der Waals surface area contributed by atoms with E-state index in [1.165, 1.54) is 0 Å². The number of carbonyl (C=O) groups is 1. The van der Waals surface area contributed by atoms with Crippen molar-refractivity contribution in [3.8, 4) is 23.3 Å². The van der Waals surface area contributed by atoms with Gasteiger partial charge < -0.3 is 14.2 Å². The Morgan fingerprint density at radius 1 is 1.13 bits per heavy atom. The molecule has 0 N–H and O–H groups in total. The lowest BCUT2D eigenvalue weighted by Gasteiger charge is -2.25. The highest BCUT2D eigenvalue weighted by Gasteiger charge is 2.26. The van der Waals surface area contributed by atoms with E-state index in [0.717, 1.165) is 16.7 Å². The number of nitriles is 1. The number of aromatic nitrogens is 1. The van der Waals surface area contributed by atoms with E-state index in [2.05, 4.69) is 11.1 Å². The van der Waals surface area contributed by atoms with Gasteiger partial charge in [-0.25, -0.2) is 0 Å². The number of hydrogen-bond acceptors (Lipinski definition) is 6. The zero-order valence-corrected chi connectivity index (χ0v) is 16.7. The Balaban J connectivity index is 1.80. The zero-order valence-electron chi connectivity index (χ0n) is 16.7. The molecule has 1 aromatic heterocycles. The summed E-state index contributed by atoms with van der Waals surface area (Å²) in [5.41, 5.74) is 3.51. The van der Waals surface area contributed by atoms with Gasteiger partial charge in [-0.3, -0.25) is 9.78 Å². The molecule has 1 atom stereocenters. The Kier molecular flexibility index (Phi) is 5.36. The molecule has 6 nitrogen and oxygen atoms in total. The Bertz CT molecular complexity index is 1140. The highest BCUT2D eigenvalue weighted by Crippen LogP contribution is 2.39. The van der Waals surface area contributed by atoms with Crippen molar-refractivity contribution in [1.82, 2.24) is 4.98 Å². The first-order chi connectivity index (χ1) is 14.6. The van der Waals surface area contributed by atoms with Crippen molar-refractivity contribution in [3.05, 3.63) is 82.7 Å². The third kappa shape index (κ3) is 3.58. The number of benzene rings is 2. The highest BCUT2D eigenvalue weighted by atomic mass is 16.5. The summed E-state index contributed by atoms with van der Waals surface area (Å²) < 4.78 is 17.8. The monoisotopic (exact) mass is 400 g/mol. The summed E-state index contributed by atoms with van der Waals surface area (Å²) in [6, 6.07) is 14.7. The van der Waals surface area contributed by atoms with Gasteiger partial charge in [0.25, 0.3) is 0 Å². The maximum atomic E-state index is 12.2. The maximum absolute atomic E-state index is 12.2. The van der Waals surface area contributed by atoms with Gasteiger partial charge in [0.2, 0.25) is 0 Å². The second-order valence-corrected chi connectivity index (χ2v) is 6.93. The van der Waals surface area contributed by atoms with Gasteiger partial charge in [-0.2, -0.15) is 5.26 Å². The molecular weight excluding hydrogens is 380 g/mol. The number of fused-ring (bicyclic) bond motifs is 1. The van der Waals surface area contributed by atoms with Crippen LogP contribution < -0.4 is 14.2 Å². The molecule has 0 saturated carbocycles. The van der Waals surface area contributed by atoms with Crippen LogP contribution in [0.25, 0.3) is 0 Å². The largest absolute Gasteiger partial charge is 0.496 e. The third-order valence-corrected chi connectivity index (χ3v) is 5.13.